The van der Waals surface area contributed by atoms with Gasteiger partial charge >= 0.3 is 0 Å². The monoisotopic (exact) mass is 482 g/mol. The molecule has 1 fully saturated rings. The highest BCUT2D eigenvalue weighted by Gasteiger charge is 2.28. The number of benzene rings is 1. The molecule has 1 atom stereocenters. The molecule has 0 aliphatic heterocycles. The molecule has 1 heterocycles. The topological polar surface area (TPSA) is 91.5 Å². The highest BCUT2D eigenvalue weighted by molar-refractivity contribution is 7.15. The van der Waals surface area contributed by atoms with Gasteiger partial charge in [0.05, 0.1) is 5.69 Å². The molecule has 2 aliphatic carbocycles. The molecule has 0 saturated heterocycles. The van der Waals surface area contributed by atoms with Crippen molar-refractivity contribution in [3.63, 3.8) is 0 Å². The maximum absolute atomic E-state index is 12.3. The molecule has 34 heavy (non-hydrogen) atoms. The van der Waals surface area contributed by atoms with Gasteiger partial charge in [-0.2, -0.15) is 0 Å². The number of hydrogen-bond acceptors (Lipinski definition) is 6. The molecule has 0 radical (unpaired) electrons. The molecule has 7 heteroatoms. The van der Waals surface area contributed by atoms with Crippen LogP contribution in [0, 0.1) is 5.92 Å². The lowest BCUT2D eigenvalue weighted by Crippen LogP contribution is -2.41. The Morgan fingerprint density at radius 2 is 2.03 bits per heavy atom. The number of phenolic OH excluding ortho intramolecular Hbond substituents is 1. The van der Waals surface area contributed by atoms with Gasteiger partial charge in [-0.15, -0.1) is 11.3 Å². The maximum Gasteiger partial charge on any atom is 0.244 e. The van der Waals surface area contributed by atoms with Crippen molar-refractivity contribution in [1.82, 2.24) is 15.2 Å². The molecule has 1 aromatic carbocycles. The van der Waals surface area contributed by atoms with Gasteiger partial charge in [-0.05, 0) is 88.9 Å². The van der Waals surface area contributed by atoms with Crippen molar-refractivity contribution >= 4 is 28.5 Å². The second-order valence-electron chi connectivity index (χ2n) is 9.76. The average Bonchev–Trinajstić information content (AvgIpc) is 3.21. The molecule has 184 valence electrons. The number of para-hydroxylation sites is 1. The summed E-state index contributed by atoms with van der Waals surface area (Å²) in [4.78, 5) is 20.9. The van der Waals surface area contributed by atoms with Gasteiger partial charge < -0.3 is 21.1 Å². The van der Waals surface area contributed by atoms with E-state index >= 15 is 0 Å². The Bertz CT molecular complexity index is 981. The number of rotatable bonds is 9. The molecule has 1 aromatic heterocycles. The quantitative estimate of drug-likeness (QED) is 0.448. The van der Waals surface area contributed by atoms with E-state index in [2.05, 4.69) is 22.1 Å². The summed E-state index contributed by atoms with van der Waals surface area (Å²) in [6.45, 7) is 4.59. The molecular weight excluding hydrogens is 444 g/mol. The molecule has 6 nitrogen and oxygen atoms in total. The predicted octanol–water partition coefficient (Wildman–Crippen LogP) is 4.78. The lowest BCUT2D eigenvalue weighted by atomic mass is 9.83. The van der Waals surface area contributed by atoms with Gasteiger partial charge in [0.15, 0.2) is 5.13 Å². The van der Waals surface area contributed by atoms with Crippen LogP contribution in [0.2, 0.25) is 0 Å². The number of fused-ring (bicyclic) bond motifs is 1. The number of anilines is 1. The number of thiazole rings is 1. The summed E-state index contributed by atoms with van der Waals surface area (Å²) in [6.07, 6.45) is 13.4. The first kappa shape index (κ1) is 24.7. The Hall–Kier alpha value is -2.38. The number of amides is 1. The van der Waals surface area contributed by atoms with E-state index < -0.39 is 0 Å². The fourth-order valence-corrected chi connectivity index (χ4v) is 6.39. The second-order valence-corrected chi connectivity index (χ2v) is 10.9. The number of nitrogens with two attached hydrogens (primary N) is 1. The maximum atomic E-state index is 12.3. The minimum atomic E-state index is -0.0822. The van der Waals surface area contributed by atoms with Crippen molar-refractivity contribution in [3.8, 4) is 5.75 Å². The van der Waals surface area contributed by atoms with E-state index in [4.69, 9.17) is 5.73 Å². The minimum Gasteiger partial charge on any atom is -0.507 e. The third kappa shape index (κ3) is 6.60. The molecule has 0 bridgehead atoms. The van der Waals surface area contributed by atoms with E-state index in [1.54, 1.807) is 35.6 Å². The van der Waals surface area contributed by atoms with E-state index in [9.17, 15) is 9.90 Å². The first-order valence-electron chi connectivity index (χ1n) is 12.8. The van der Waals surface area contributed by atoms with Gasteiger partial charge in [0.2, 0.25) is 5.91 Å². The number of carbonyl (C=O) groups is 1. The van der Waals surface area contributed by atoms with E-state index in [1.807, 2.05) is 6.07 Å². The molecule has 4 N–H and O–H groups in total. The SMILES string of the molecule is CCCN(CCC1CCC(NC(=O)/C=C/c2ccccc2O)CC1)[C@H]1CCc2nc(N)sc2C1. The molecule has 1 amide bonds. The number of carbonyl (C=O) groups excluding carboxylic acids is 1. The molecular formula is C27H38N4O2S. The number of phenols is 1. The van der Waals surface area contributed by atoms with Crippen LogP contribution in [0.3, 0.4) is 0 Å². The predicted molar refractivity (Wildman–Crippen MR) is 140 cm³/mol. The van der Waals surface area contributed by atoms with Crippen molar-refractivity contribution in [1.29, 1.82) is 0 Å². The van der Waals surface area contributed by atoms with E-state index in [0.717, 1.165) is 44.7 Å². The normalized spacial score (nSPS) is 22.7. The Kier molecular flexibility index (Phi) is 8.62. The fourth-order valence-electron chi connectivity index (χ4n) is 5.44. The first-order chi connectivity index (χ1) is 16.5. The van der Waals surface area contributed by atoms with Crippen LogP contribution in [0.1, 0.15) is 68.0 Å². The summed E-state index contributed by atoms with van der Waals surface area (Å²) >= 11 is 1.67. The van der Waals surface area contributed by atoms with E-state index in [1.165, 1.54) is 48.8 Å². The Balaban J connectivity index is 1.20. The summed E-state index contributed by atoms with van der Waals surface area (Å²) < 4.78 is 0. The summed E-state index contributed by atoms with van der Waals surface area (Å²) in [7, 11) is 0. The van der Waals surface area contributed by atoms with Gasteiger partial charge in [0, 0.05) is 28.6 Å². The van der Waals surface area contributed by atoms with Crippen LogP contribution in [0.5, 0.6) is 5.75 Å². The van der Waals surface area contributed by atoms with Crippen molar-refractivity contribution in [2.45, 2.75) is 76.8 Å². The smallest absolute Gasteiger partial charge is 0.244 e. The highest BCUT2D eigenvalue weighted by Crippen LogP contribution is 2.32. The Morgan fingerprint density at radius 3 is 2.79 bits per heavy atom. The van der Waals surface area contributed by atoms with Gasteiger partial charge in [-0.3, -0.25) is 4.79 Å². The molecule has 2 aliphatic rings. The zero-order valence-electron chi connectivity index (χ0n) is 20.2. The van der Waals surface area contributed by atoms with Crippen LogP contribution in [-0.2, 0) is 17.6 Å². The van der Waals surface area contributed by atoms with Crippen LogP contribution in [0.15, 0.2) is 30.3 Å². The van der Waals surface area contributed by atoms with E-state index in [0.29, 0.717) is 16.7 Å². The van der Waals surface area contributed by atoms with E-state index in [-0.39, 0.29) is 17.7 Å². The Labute approximate surface area is 207 Å². The zero-order valence-corrected chi connectivity index (χ0v) is 21.0. The molecule has 0 spiro atoms. The lowest BCUT2D eigenvalue weighted by Gasteiger charge is -2.36. The third-order valence-corrected chi connectivity index (χ3v) is 8.28. The highest BCUT2D eigenvalue weighted by atomic mass is 32.1. The molecule has 2 aromatic rings. The van der Waals surface area contributed by atoms with Crippen LogP contribution < -0.4 is 11.1 Å². The second kappa shape index (κ2) is 11.8. The number of aryl methyl sites for hydroxylation is 1. The van der Waals surface area contributed by atoms with Crippen molar-refractivity contribution in [2.75, 3.05) is 18.8 Å². The summed E-state index contributed by atoms with van der Waals surface area (Å²) in [5.41, 5.74) is 7.83. The number of nitrogens with zero attached hydrogens (tertiary/aromatic N) is 2. The van der Waals surface area contributed by atoms with Gasteiger partial charge in [-0.25, -0.2) is 4.98 Å². The fraction of sp³-hybridized carbons (Fsp3) is 0.556. The van der Waals surface area contributed by atoms with Crippen LogP contribution in [-0.4, -0.2) is 46.1 Å². The largest absolute Gasteiger partial charge is 0.507 e. The summed E-state index contributed by atoms with van der Waals surface area (Å²) in [6, 6.07) is 7.90. The van der Waals surface area contributed by atoms with Gasteiger partial charge in [0.25, 0.3) is 0 Å². The zero-order chi connectivity index (χ0) is 23.9. The van der Waals surface area contributed by atoms with Crippen LogP contribution >= 0.6 is 11.3 Å². The van der Waals surface area contributed by atoms with Crippen molar-refractivity contribution < 1.29 is 9.90 Å². The molecule has 4 rings (SSSR count). The molecule has 1 saturated carbocycles. The third-order valence-electron chi connectivity index (χ3n) is 7.33. The number of nitrogens with one attached hydrogen (secondary N) is 1. The average molecular weight is 483 g/mol. The van der Waals surface area contributed by atoms with Gasteiger partial charge in [0.1, 0.15) is 5.75 Å². The summed E-state index contributed by atoms with van der Waals surface area (Å²) in [5, 5.41) is 13.7. The number of aromatic hydroxyl groups is 1. The van der Waals surface area contributed by atoms with Crippen LogP contribution in [0.4, 0.5) is 5.13 Å². The first-order valence-corrected chi connectivity index (χ1v) is 13.6. The van der Waals surface area contributed by atoms with Gasteiger partial charge in [-0.1, -0.05) is 25.1 Å². The number of nitrogen functional groups attached to an aromatic ring is 1. The molecule has 0 unspecified atom stereocenters. The van der Waals surface area contributed by atoms with Crippen LogP contribution in [0.25, 0.3) is 6.08 Å². The lowest BCUT2D eigenvalue weighted by molar-refractivity contribution is -0.117. The standard InChI is InChI=1S/C27H38N4O2S/c1-2-16-31(22-12-13-23-25(18-22)34-27(28)30-23)17-15-19-7-10-21(11-8-19)29-26(33)14-9-20-5-3-4-6-24(20)32/h3-6,9,14,19,21-22,32H,2,7-8,10-13,15-18H2,1H3,(H2,28,30)(H,29,33)/b14-9+/t19?,21?,22-/m0/s1. The number of aromatic nitrogens is 1. The van der Waals surface area contributed by atoms with Crippen molar-refractivity contribution in [3.05, 3.63) is 46.5 Å². The minimum absolute atomic E-state index is 0.0822. The number of hydrogen-bond donors (Lipinski definition) is 3. The Morgan fingerprint density at radius 1 is 1.24 bits per heavy atom. The van der Waals surface area contributed by atoms with Crippen molar-refractivity contribution in [2.24, 2.45) is 5.92 Å². The summed E-state index contributed by atoms with van der Waals surface area (Å²) in [5.74, 6) is 0.845.